The summed E-state index contributed by atoms with van der Waals surface area (Å²) in [6, 6.07) is 4.06. The minimum atomic E-state index is -3.69. The van der Waals surface area contributed by atoms with Crippen LogP contribution in [-0.4, -0.2) is 15.0 Å². The normalized spacial score (nSPS) is 11.7. The Morgan fingerprint density at radius 3 is 2.60 bits per heavy atom. The molecule has 1 aromatic carbocycles. The van der Waals surface area contributed by atoms with Crippen molar-refractivity contribution in [1.82, 2.24) is 4.72 Å². The molecule has 0 spiro atoms. The molecule has 0 atom stereocenters. The van der Waals surface area contributed by atoms with E-state index >= 15 is 0 Å². The zero-order valence-corrected chi connectivity index (χ0v) is 9.57. The molecule has 0 saturated heterocycles. The number of halogens is 1. The topological polar surface area (TPSA) is 46.2 Å². The van der Waals surface area contributed by atoms with Crippen molar-refractivity contribution in [2.75, 3.05) is 6.54 Å². The van der Waals surface area contributed by atoms with Gasteiger partial charge in [-0.2, -0.15) is 0 Å². The van der Waals surface area contributed by atoms with Gasteiger partial charge in [-0.25, -0.2) is 17.5 Å². The van der Waals surface area contributed by atoms with Gasteiger partial charge in [0.15, 0.2) is 0 Å². The highest BCUT2D eigenvalue weighted by atomic mass is 32.2. The molecule has 0 aliphatic rings. The van der Waals surface area contributed by atoms with E-state index in [1.165, 1.54) is 12.1 Å². The fourth-order valence-electron chi connectivity index (χ4n) is 1.14. The molecule has 0 fully saturated rings. The standard InChI is InChI=1S/C10H14FNO2S/c1-3-6-12-15(13,14)10-5-4-8(2)7-9(10)11/h4-5,7,12H,3,6H2,1-2H3. The molecule has 3 nitrogen and oxygen atoms in total. The van der Waals surface area contributed by atoms with E-state index in [0.29, 0.717) is 18.5 Å². The van der Waals surface area contributed by atoms with E-state index in [-0.39, 0.29) is 4.90 Å². The number of nitrogens with one attached hydrogen (secondary N) is 1. The van der Waals surface area contributed by atoms with E-state index < -0.39 is 15.8 Å². The highest BCUT2D eigenvalue weighted by Gasteiger charge is 2.17. The van der Waals surface area contributed by atoms with Gasteiger partial charge in [-0.1, -0.05) is 13.0 Å². The largest absolute Gasteiger partial charge is 0.243 e. The molecule has 15 heavy (non-hydrogen) atoms. The van der Waals surface area contributed by atoms with E-state index in [1.807, 2.05) is 6.92 Å². The average molecular weight is 231 g/mol. The van der Waals surface area contributed by atoms with Crippen LogP contribution in [0.4, 0.5) is 4.39 Å². The Bertz CT molecular complexity index is 443. The molecular formula is C10H14FNO2S. The first-order valence-electron chi connectivity index (χ1n) is 4.73. The molecule has 1 aromatic rings. The van der Waals surface area contributed by atoms with E-state index in [1.54, 1.807) is 13.0 Å². The Balaban J connectivity index is 3.05. The average Bonchev–Trinajstić information content (AvgIpc) is 2.14. The summed E-state index contributed by atoms with van der Waals surface area (Å²) in [5, 5.41) is 0. The maximum Gasteiger partial charge on any atom is 0.243 e. The van der Waals surface area contributed by atoms with Gasteiger partial charge in [0.05, 0.1) is 0 Å². The Labute approximate surface area is 89.4 Å². The van der Waals surface area contributed by atoms with Crippen LogP contribution in [0.1, 0.15) is 18.9 Å². The summed E-state index contributed by atoms with van der Waals surface area (Å²) in [7, 11) is -3.69. The van der Waals surface area contributed by atoms with Crippen LogP contribution < -0.4 is 4.72 Å². The predicted octanol–water partition coefficient (Wildman–Crippen LogP) is 1.82. The summed E-state index contributed by atoms with van der Waals surface area (Å²) < 4.78 is 38.8. The number of rotatable bonds is 4. The Hall–Kier alpha value is -0.940. The lowest BCUT2D eigenvalue weighted by atomic mass is 10.2. The van der Waals surface area contributed by atoms with Crippen molar-refractivity contribution in [3.63, 3.8) is 0 Å². The number of aryl methyl sites for hydroxylation is 1. The first-order chi connectivity index (χ1) is 6.97. The molecular weight excluding hydrogens is 217 g/mol. The van der Waals surface area contributed by atoms with Crippen LogP contribution in [0.15, 0.2) is 23.1 Å². The summed E-state index contributed by atoms with van der Waals surface area (Å²) >= 11 is 0. The summed E-state index contributed by atoms with van der Waals surface area (Å²) in [5.74, 6) is -0.710. The van der Waals surface area contributed by atoms with Crippen LogP contribution in [0, 0.1) is 12.7 Å². The smallest absolute Gasteiger partial charge is 0.211 e. The molecule has 0 amide bonds. The second-order valence-electron chi connectivity index (χ2n) is 3.33. The highest BCUT2D eigenvalue weighted by Crippen LogP contribution is 2.15. The van der Waals surface area contributed by atoms with Gasteiger partial charge in [-0.3, -0.25) is 0 Å². The predicted molar refractivity (Wildman–Crippen MR) is 56.6 cm³/mol. The zero-order valence-electron chi connectivity index (χ0n) is 8.75. The second kappa shape index (κ2) is 4.72. The van der Waals surface area contributed by atoms with Crippen LogP contribution in [0.3, 0.4) is 0 Å². The minimum absolute atomic E-state index is 0.290. The molecule has 0 unspecified atom stereocenters. The maximum atomic E-state index is 13.4. The molecule has 1 rings (SSSR count). The van der Waals surface area contributed by atoms with Gasteiger partial charge in [0, 0.05) is 6.54 Å². The zero-order chi connectivity index (χ0) is 11.5. The van der Waals surface area contributed by atoms with Gasteiger partial charge in [0.25, 0.3) is 0 Å². The Kier molecular flexibility index (Phi) is 3.82. The molecule has 0 heterocycles. The Morgan fingerprint density at radius 1 is 1.40 bits per heavy atom. The molecule has 5 heteroatoms. The van der Waals surface area contributed by atoms with Gasteiger partial charge in [0.1, 0.15) is 10.7 Å². The van der Waals surface area contributed by atoms with Crippen molar-refractivity contribution in [3.8, 4) is 0 Å². The molecule has 84 valence electrons. The van der Waals surface area contributed by atoms with Crippen LogP contribution >= 0.6 is 0 Å². The number of sulfonamides is 1. The molecule has 1 N–H and O–H groups in total. The quantitative estimate of drug-likeness (QED) is 0.859. The van der Waals surface area contributed by atoms with Crippen LogP contribution in [0.2, 0.25) is 0 Å². The van der Waals surface area contributed by atoms with Crippen LogP contribution in [0.5, 0.6) is 0 Å². The SMILES string of the molecule is CCCNS(=O)(=O)c1ccc(C)cc1F. The molecule has 0 saturated carbocycles. The monoisotopic (exact) mass is 231 g/mol. The third-order valence-electron chi connectivity index (χ3n) is 1.92. The van der Waals surface area contributed by atoms with Gasteiger partial charge >= 0.3 is 0 Å². The number of hydrogen-bond donors (Lipinski definition) is 1. The lowest BCUT2D eigenvalue weighted by Gasteiger charge is -2.06. The van der Waals surface area contributed by atoms with Gasteiger partial charge < -0.3 is 0 Å². The fraction of sp³-hybridized carbons (Fsp3) is 0.400. The summed E-state index contributed by atoms with van der Waals surface area (Å²) in [5.41, 5.74) is 0.696. The van der Waals surface area contributed by atoms with Crippen molar-refractivity contribution < 1.29 is 12.8 Å². The summed E-state index contributed by atoms with van der Waals surface area (Å²) in [6.07, 6.45) is 0.673. The van der Waals surface area contributed by atoms with E-state index in [4.69, 9.17) is 0 Å². The van der Waals surface area contributed by atoms with Gasteiger partial charge in [0.2, 0.25) is 10.0 Å². The second-order valence-corrected chi connectivity index (χ2v) is 5.07. The molecule has 0 aliphatic carbocycles. The Morgan fingerprint density at radius 2 is 2.07 bits per heavy atom. The van der Waals surface area contributed by atoms with E-state index in [2.05, 4.69) is 4.72 Å². The third-order valence-corrected chi connectivity index (χ3v) is 3.41. The maximum absolute atomic E-state index is 13.4. The lowest BCUT2D eigenvalue weighted by Crippen LogP contribution is -2.25. The van der Waals surface area contributed by atoms with Crippen molar-refractivity contribution in [3.05, 3.63) is 29.6 Å². The highest BCUT2D eigenvalue weighted by molar-refractivity contribution is 7.89. The van der Waals surface area contributed by atoms with Gasteiger partial charge in [-0.05, 0) is 31.0 Å². The lowest BCUT2D eigenvalue weighted by molar-refractivity contribution is 0.556. The van der Waals surface area contributed by atoms with Crippen LogP contribution in [-0.2, 0) is 10.0 Å². The molecule has 0 aliphatic heterocycles. The molecule has 0 aromatic heterocycles. The van der Waals surface area contributed by atoms with Crippen molar-refractivity contribution in [2.45, 2.75) is 25.2 Å². The summed E-state index contributed by atoms with van der Waals surface area (Å²) in [6.45, 7) is 3.86. The first kappa shape index (κ1) is 12.1. The van der Waals surface area contributed by atoms with E-state index in [9.17, 15) is 12.8 Å². The van der Waals surface area contributed by atoms with Crippen LogP contribution in [0.25, 0.3) is 0 Å². The molecule has 0 bridgehead atoms. The third kappa shape index (κ3) is 3.00. The first-order valence-corrected chi connectivity index (χ1v) is 6.21. The number of benzene rings is 1. The van der Waals surface area contributed by atoms with Gasteiger partial charge in [-0.15, -0.1) is 0 Å². The fourth-order valence-corrected chi connectivity index (χ4v) is 2.33. The number of hydrogen-bond acceptors (Lipinski definition) is 2. The van der Waals surface area contributed by atoms with Crippen molar-refractivity contribution in [2.24, 2.45) is 0 Å². The molecule has 0 radical (unpaired) electrons. The van der Waals surface area contributed by atoms with Crippen molar-refractivity contribution in [1.29, 1.82) is 0 Å². The van der Waals surface area contributed by atoms with E-state index in [0.717, 1.165) is 0 Å². The summed E-state index contributed by atoms with van der Waals surface area (Å²) in [4.78, 5) is -0.290. The minimum Gasteiger partial charge on any atom is -0.211 e. The van der Waals surface area contributed by atoms with Crippen molar-refractivity contribution >= 4 is 10.0 Å².